The summed E-state index contributed by atoms with van der Waals surface area (Å²) in [5, 5.41) is 3.37. The predicted molar refractivity (Wildman–Crippen MR) is 134 cm³/mol. The zero-order valence-corrected chi connectivity index (χ0v) is 20.9. The zero-order chi connectivity index (χ0) is 21.3. The molecular formula is C22H33IN6O2. The van der Waals surface area contributed by atoms with Gasteiger partial charge in [-0.1, -0.05) is 6.07 Å². The number of aliphatic imine (C=N–C) groups is 1. The molecule has 1 amide bonds. The van der Waals surface area contributed by atoms with Gasteiger partial charge in [0.25, 0.3) is 5.91 Å². The quantitative estimate of drug-likeness (QED) is 0.331. The maximum Gasteiger partial charge on any atom is 0.289 e. The van der Waals surface area contributed by atoms with E-state index in [0.29, 0.717) is 25.4 Å². The Balaban J connectivity index is 0.00000341. The summed E-state index contributed by atoms with van der Waals surface area (Å²) in [5.74, 6) is 2.21. The fraction of sp³-hybridized carbons (Fsp3) is 0.500. The van der Waals surface area contributed by atoms with E-state index in [1.165, 1.54) is 6.26 Å². The lowest BCUT2D eigenvalue weighted by molar-refractivity contribution is 0.0657. The second-order valence-corrected chi connectivity index (χ2v) is 7.12. The fourth-order valence-electron chi connectivity index (χ4n) is 3.51. The molecule has 170 valence electrons. The van der Waals surface area contributed by atoms with Crippen molar-refractivity contribution in [3.05, 3.63) is 48.0 Å². The van der Waals surface area contributed by atoms with Crippen LogP contribution in [0.2, 0.25) is 0 Å². The van der Waals surface area contributed by atoms with Gasteiger partial charge in [-0.3, -0.25) is 4.79 Å². The number of carbonyl (C=O) groups is 1. The standard InChI is InChI=1S/C22H32N6O2.HI/c1-4-23-22(25-17-18-9-10-20(24-16-18)26(5-2)6-3)28-13-11-27(12-14-28)21(29)19-8-7-15-30-19;/h7-10,15-16H,4-6,11-14,17H2,1-3H3,(H,23,25);1H. The van der Waals surface area contributed by atoms with E-state index >= 15 is 0 Å². The van der Waals surface area contributed by atoms with Gasteiger partial charge in [0, 0.05) is 52.0 Å². The van der Waals surface area contributed by atoms with E-state index in [1.807, 2.05) is 11.1 Å². The molecule has 3 rings (SSSR count). The number of rotatable bonds is 7. The Hall–Kier alpha value is -2.30. The number of anilines is 1. The van der Waals surface area contributed by atoms with Gasteiger partial charge >= 0.3 is 0 Å². The highest BCUT2D eigenvalue weighted by atomic mass is 127. The van der Waals surface area contributed by atoms with Gasteiger partial charge in [-0.25, -0.2) is 9.98 Å². The molecule has 2 aromatic heterocycles. The van der Waals surface area contributed by atoms with E-state index in [2.05, 4.69) is 53.0 Å². The number of aromatic nitrogens is 1. The van der Waals surface area contributed by atoms with Gasteiger partial charge < -0.3 is 24.4 Å². The molecule has 3 heterocycles. The van der Waals surface area contributed by atoms with Crippen LogP contribution in [-0.2, 0) is 6.54 Å². The van der Waals surface area contributed by atoms with Gasteiger partial charge in [0.1, 0.15) is 5.82 Å². The Morgan fingerprint density at radius 3 is 2.39 bits per heavy atom. The zero-order valence-electron chi connectivity index (χ0n) is 18.6. The average Bonchev–Trinajstić information content (AvgIpc) is 3.33. The molecule has 1 fully saturated rings. The number of pyridine rings is 1. The normalized spacial score (nSPS) is 14.2. The third-order valence-corrected chi connectivity index (χ3v) is 5.24. The van der Waals surface area contributed by atoms with E-state index in [0.717, 1.165) is 50.1 Å². The maximum absolute atomic E-state index is 12.5. The summed E-state index contributed by atoms with van der Waals surface area (Å²) in [6.45, 7) is 12.3. The van der Waals surface area contributed by atoms with Crippen LogP contribution in [0.25, 0.3) is 0 Å². The van der Waals surface area contributed by atoms with Gasteiger partial charge in [0.05, 0.1) is 12.8 Å². The van der Waals surface area contributed by atoms with E-state index < -0.39 is 0 Å². The van der Waals surface area contributed by atoms with Crippen molar-refractivity contribution in [2.75, 3.05) is 50.7 Å². The first-order valence-electron chi connectivity index (χ1n) is 10.7. The Labute approximate surface area is 201 Å². The van der Waals surface area contributed by atoms with E-state index in [4.69, 9.17) is 9.41 Å². The number of piperazine rings is 1. The van der Waals surface area contributed by atoms with E-state index in [-0.39, 0.29) is 29.9 Å². The number of nitrogens with one attached hydrogen (secondary N) is 1. The molecule has 8 nitrogen and oxygen atoms in total. The molecule has 0 radical (unpaired) electrons. The van der Waals surface area contributed by atoms with Crippen LogP contribution in [-0.4, -0.2) is 72.5 Å². The number of nitrogens with zero attached hydrogens (tertiary/aromatic N) is 5. The van der Waals surface area contributed by atoms with Crippen LogP contribution in [0.15, 0.2) is 46.1 Å². The fourth-order valence-corrected chi connectivity index (χ4v) is 3.51. The molecule has 1 saturated heterocycles. The summed E-state index contributed by atoms with van der Waals surface area (Å²) in [6, 6.07) is 7.60. The van der Waals surface area contributed by atoms with Crippen LogP contribution in [0, 0.1) is 0 Å². The molecule has 31 heavy (non-hydrogen) atoms. The van der Waals surface area contributed by atoms with Crippen molar-refractivity contribution >= 4 is 41.7 Å². The van der Waals surface area contributed by atoms with Crippen molar-refractivity contribution in [2.45, 2.75) is 27.3 Å². The van der Waals surface area contributed by atoms with Crippen molar-refractivity contribution in [1.29, 1.82) is 0 Å². The number of halogens is 1. The first-order chi connectivity index (χ1) is 14.7. The molecule has 2 aromatic rings. The van der Waals surface area contributed by atoms with E-state index in [1.54, 1.807) is 12.1 Å². The Kier molecular flexibility index (Phi) is 10.1. The third-order valence-electron chi connectivity index (χ3n) is 5.24. The van der Waals surface area contributed by atoms with Gasteiger partial charge in [-0.15, -0.1) is 24.0 Å². The molecule has 0 atom stereocenters. The highest BCUT2D eigenvalue weighted by Gasteiger charge is 2.25. The lowest BCUT2D eigenvalue weighted by Gasteiger charge is -2.36. The number of amides is 1. The van der Waals surface area contributed by atoms with Crippen LogP contribution in [0.4, 0.5) is 5.82 Å². The maximum atomic E-state index is 12.5. The molecule has 0 saturated carbocycles. The highest BCUT2D eigenvalue weighted by molar-refractivity contribution is 14.0. The third kappa shape index (κ3) is 6.59. The summed E-state index contributed by atoms with van der Waals surface area (Å²) >= 11 is 0. The first-order valence-corrected chi connectivity index (χ1v) is 10.7. The lowest BCUT2D eigenvalue weighted by atomic mass is 10.2. The van der Waals surface area contributed by atoms with Crippen LogP contribution >= 0.6 is 24.0 Å². The second-order valence-electron chi connectivity index (χ2n) is 7.12. The Morgan fingerprint density at radius 1 is 1.13 bits per heavy atom. The molecule has 1 aliphatic heterocycles. The van der Waals surface area contributed by atoms with Crippen molar-refractivity contribution in [3.63, 3.8) is 0 Å². The summed E-state index contributed by atoms with van der Waals surface area (Å²) in [4.78, 5) is 28.1. The molecule has 0 aliphatic carbocycles. The largest absolute Gasteiger partial charge is 0.459 e. The number of carbonyl (C=O) groups excluding carboxylic acids is 1. The molecule has 9 heteroatoms. The van der Waals surface area contributed by atoms with E-state index in [9.17, 15) is 4.79 Å². The topological polar surface area (TPSA) is 77.2 Å². The summed E-state index contributed by atoms with van der Waals surface area (Å²) in [6.07, 6.45) is 3.43. The first kappa shape index (κ1) is 25.0. The number of hydrogen-bond donors (Lipinski definition) is 1. The Morgan fingerprint density at radius 2 is 1.84 bits per heavy atom. The SMILES string of the molecule is CCNC(=NCc1ccc(N(CC)CC)nc1)N1CCN(C(=O)c2ccco2)CC1.I. The molecule has 0 aromatic carbocycles. The second kappa shape index (κ2) is 12.5. The summed E-state index contributed by atoms with van der Waals surface area (Å²) < 4.78 is 5.24. The summed E-state index contributed by atoms with van der Waals surface area (Å²) in [5.41, 5.74) is 1.08. The lowest BCUT2D eigenvalue weighted by Crippen LogP contribution is -2.53. The van der Waals surface area contributed by atoms with Crippen molar-refractivity contribution in [3.8, 4) is 0 Å². The monoisotopic (exact) mass is 540 g/mol. The molecule has 0 spiro atoms. The minimum atomic E-state index is -0.0547. The minimum Gasteiger partial charge on any atom is -0.459 e. The van der Waals surface area contributed by atoms with Crippen molar-refractivity contribution in [1.82, 2.24) is 20.1 Å². The predicted octanol–water partition coefficient (Wildman–Crippen LogP) is 3.06. The van der Waals surface area contributed by atoms with Crippen molar-refractivity contribution in [2.24, 2.45) is 4.99 Å². The highest BCUT2D eigenvalue weighted by Crippen LogP contribution is 2.13. The average molecular weight is 540 g/mol. The van der Waals surface area contributed by atoms with Crippen LogP contribution < -0.4 is 10.2 Å². The molecule has 0 unspecified atom stereocenters. The minimum absolute atomic E-state index is 0. The molecule has 1 aliphatic rings. The van der Waals surface area contributed by atoms with Gasteiger partial charge in [0.15, 0.2) is 11.7 Å². The van der Waals surface area contributed by atoms with Gasteiger partial charge in [-0.05, 0) is 44.5 Å². The molecule has 0 bridgehead atoms. The summed E-state index contributed by atoms with van der Waals surface area (Å²) in [7, 11) is 0. The molecular weight excluding hydrogens is 507 g/mol. The number of hydrogen-bond acceptors (Lipinski definition) is 5. The number of furan rings is 1. The van der Waals surface area contributed by atoms with Crippen LogP contribution in [0.3, 0.4) is 0 Å². The van der Waals surface area contributed by atoms with Crippen LogP contribution in [0.1, 0.15) is 36.9 Å². The number of guanidine groups is 1. The van der Waals surface area contributed by atoms with Crippen LogP contribution in [0.5, 0.6) is 0 Å². The molecule has 1 N–H and O–H groups in total. The van der Waals surface area contributed by atoms with Gasteiger partial charge in [-0.2, -0.15) is 0 Å². The Bertz CT molecular complexity index is 813. The van der Waals surface area contributed by atoms with Gasteiger partial charge in [0.2, 0.25) is 0 Å². The van der Waals surface area contributed by atoms with Crippen molar-refractivity contribution < 1.29 is 9.21 Å². The smallest absolute Gasteiger partial charge is 0.289 e.